The Morgan fingerprint density at radius 1 is 1.04 bits per heavy atom. The summed E-state index contributed by atoms with van der Waals surface area (Å²) in [5.41, 5.74) is 3.27. The van der Waals surface area contributed by atoms with Gasteiger partial charge in [0, 0.05) is 34.7 Å². The van der Waals surface area contributed by atoms with Crippen molar-refractivity contribution in [1.29, 1.82) is 0 Å². The molecule has 0 unspecified atom stereocenters. The average Bonchev–Trinajstić information content (AvgIpc) is 3.26. The molecule has 0 aliphatic rings. The SMILES string of the molecule is O=C(Nc1ccc2cn[nH]c2c1)c1ccc(-n2cccc2)cc1. The monoisotopic (exact) mass is 302 g/mol. The Morgan fingerprint density at radius 3 is 2.61 bits per heavy atom. The van der Waals surface area contributed by atoms with Crippen molar-refractivity contribution in [2.45, 2.75) is 0 Å². The number of aromatic amines is 1. The molecule has 4 aromatic rings. The van der Waals surface area contributed by atoms with Crippen molar-refractivity contribution in [3.05, 3.63) is 78.8 Å². The highest BCUT2D eigenvalue weighted by Crippen LogP contribution is 2.18. The van der Waals surface area contributed by atoms with Gasteiger partial charge in [-0.25, -0.2) is 0 Å². The van der Waals surface area contributed by atoms with E-state index in [0.29, 0.717) is 5.56 Å². The number of rotatable bonds is 3. The fraction of sp³-hybridized carbons (Fsp3) is 0. The molecule has 4 rings (SSSR count). The molecule has 5 heteroatoms. The standard InChI is InChI=1S/C18H14N4O/c23-18(20-15-6-3-14-12-19-21-17(14)11-15)13-4-7-16(8-5-13)22-9-1-2-10-22/h1-12H,(H,19,21)(H,20,23). The second kappa shape index (κ2) is 5.46. The quantitative estimate of drug-likeness (QED) is 0.607. The minimum Gasteiger partial charge on any atom is -0.324 e. The summed E-state index contributed by atoms with van der Waals surface area (Å²) in [5.74, 6) is -0.136. The first-order chi connectivity index (χ1) is 11.3. The molecule has 2 aromatic carbocycles. The smallest absolute Gasteiger partial charge is 0.255 e. The molecule has 0 fully saturated rings. The Labute approximate surface area is 132 Å². The number of amides is 1. The second-order valence-electron chi connectivity index (χ2n) is 5.26. The van der Waals surface area contributed by atoms with Crippen molar-refractivity contribution in [3.8, 4) is 5.69 Å². The molecule has 0 atom stereocenters. The van der Waals surface area contributed by atoms with E-state index in [1.165, 1.54) is 0 Å². The zero-order valence-corrected chi connectivity index (χ0v) is 12.2. The number of nitrogens with zero attached hydrogens (tertiary/aromatic N) is 2. The molecule has 5 nitrogen and oxygen atoms in total. The van der Waals surface area contributed by atoms with Crippen LogP contribution in [0.15, 0.2) is 73.2 Å². The Hall–Kier alpha value is -3.34. The Bertz CT molecular complexity index is 952. The highest BCUT2D eigenvalue weighted by atomic mass is 16.1. The summed E-state index contributed by atoms with van der Waals surface area (Å²) in [6.45, 7) is 0. The molecule has 0 bridgehead atoms. The predicted molar refractivity (Wildman–Crippen MR) is 89.8 cm³/mol. The van der Waals surface area contributed by atoms with Crippen molar-refractivity contribution in [3.63, 3.8) is 0 Å². The van der Waals surface area contributed by atoms with Crippen LogP contribution in [-0.2, 0) is 0 Å². The van der Waals surface area contributed by atoms with Crippen molar-refractivity contribution in [1.82, 2.24) is 14.8 Å². The fourth-order valence-corrected chi connectivity index (χ4v) is 2.51. The van der Waals surface area contributed by atoms with E-state index in [1.807, 2.05) is 71.6 Å². The van der Waals surface area contributed by atoms with Gasteiger partial charge in [0.25, 0.3) is 5.91 Å². The summed E-state index contributed by atoms with van der Waals surface area (Å²) in [6.07, 6.45) is 5.68. The van der Waals surface area contributed by atoms with Gasteiger partial charge in [-0.05, 0) is 54.6 Å². The van der Waals surface area contributed by atoms with E-state index in [4.69, 9.17) is 0 Å². The number of fused-ring (bicyclic) bond motifs is 1. The largest absolute Gasteiger partial charge is 0.324 e. The highest BCUT2D eigenvalue weighted by Gasteiger charge is 2.07. The van der Waals surface area contributed by atoms with E-state index in [1.54, 1.807) is 6.20 Å². The van der Waals surface area contributed by atoms with Gasteiger partial charge in [-0.1, -0.05) is 0 Å². The molecule has 0 aliphatic carbocycles. The van der Waals surface area contributed by atoms with Gasteiger partial charge < -0.3 is 9.88 Å². The van der Waals surface area contributed by atoms with Crippen LogP contribution in [0, 0.1) is 0 Å². The van der Waals surface area contributed by atoms with Gasteiger partial charge in [0.05, 0.1) is 11.7 Å². The zero-order valence-electron chi connectivity index (χ0n) is 12.2. The van der Waals surface area contributed by atoms with Crippen LogP contribution >= 0.6 is 0 Å². The lowest BCUT2D eigenvalue weighted by molar-refractivity contribution is 0.102. The first-order valence-corrected chi connectivity index (χ1v) is 7.27. The van der Waals surface area contributed by atoms with Gasteiger partial charge in [-0.15, -0.1) is 0 Å². The van der Waals surface area contributed by atoms with E-state index in [2.05, 4.69) is 15.5 Å². The molecule has 2 N–H and O–H groups in total. The molecule has 112 valence electrons. The number of anilines is 1. The van der Waals surface area contributed by atoms with Crippen molar-refractivity contribution in [2.75, 3.05) is 5.32 Å². The first kappa shape index (κ1) is 13.3. The van der Waals surface area contributed by atoms with E-state index in [0.717, 1.165) is 22.3 Å². The number of nitrogens with one attached hydrogen (secondary N) is 2. The first-order valence-electron chi connectivity index (χ1n) is 7.27. The van der Waals surface area contributed by atoms with Crippen LogP contribution in [0.2, 0.25) is 0 Å². The molecule has 2 aromatic heterocycles. The van der Waals surface area contributed by atoms with E-state index in [-0.39, 0.29) is 5.91 Å². The molecule has 0 saturated heterocycles. The van der Waals surface area contributed by atoms with Crippen LogP contribution in [0.5, 0.6) is 0 Å². The lowest BCUT2D eigenvalue weighted by Gasteiger charge is -2.07. The molecular formula is C18H14N4O. The summed E-state index contributed by atoms with van der Waals surface area (Å²) in [7, 11) is 0. The maximum absolute atomic E-state index is 12.3. The van der Waals surface area contributed by atoms with Crippen LogP contribution in [0.25, 0.3) is 16.6 Å². The number of hydrogen-bond donors (Lipinski definition) is 2. The van der Waals surface area contributed by atoms with Crippen LogP contribution < -0.4 is 5.32 Å². The third kappa shape index (κ3) is 2.60. The van der Waals surface area contributed by atoms with E-state index in [9.17, 15) is 4.79 Å². The number of carbonyl (C=O) groups is 1. The number of benzene rings is 2. The summed E-state index contributed by atoms with van der Waals surface area (Å²) in [6, 6.07) is 17.1. The van der Waals surface area contributed by atoms with Gasteiger partial charge in [0.1, 0.15) is 0 Å². The van der Waals surface area contributed by atoms with Gasteiger partial charge in [-0.3, -0.25) is 9.89 Å². The van der Waals surface area contributed by atoms with Gasteiger partial charge in [0.15, 0.2) is 0 Å². The van der Waals surface area contributed by atoms with Gasteiger partial charge in [0.2, 0.25) is 0 Å². The lowest BCUT2D eigenvalue weighted by Crippen LogP contribution is -2.11. The fourth-order valence-electron chi connectivity index (χ4n) is 2.51. The number of H-pyrrole nitrogens is 1. The van der Waals surface area contributed by atoms with Gasteiger partial charge in [-0.2, -0.15) is 5.10 Å². The van der Waals surface area contributed by atoms with Crippen LogP contribution in [0.4, 0.5) is 5.69 Å². The molecular weight excluding hydrogens is 288 g/mol. The Balaban J connectivity index is 1.54. The van der Waals surface area contributed by atoms with Crippen LogP contribution in [0.1, 0.15) is 10.4 Å². The lowest BCUT2D eigenvalue weighted by atomic mass is 10.1. The molecule has 0 saturated carbocycles. The van der Waals surface area contributed by atoms with Crippen LogP contribution in [0.3, 0.4) is 0 Å². The van der Waals surface area contributed by atoms with Crippen molar-refractivity contribution < 1.29 is 4.79 Å². The number of hydrogen-bond acceptors (Lipinski definition) is 2. The normalized spacial score (nSPS) is 10.8. The van der Waals surface area contributed by atoms with E-state index < -0.39 is 0 Å². The Kier molecular flexibility index (Phi) is 3.16. The third-order valence-corrected chi connectivity index (χ3v) is 3.73. The highest BCUT2D eigenvalue weighted by molar-refractivity contribution is 6.05. The topological polar surface area (TPSA) is 62.7 Å². The number of aromatic nitrogens is 3. The average molecular weight is 302 g/mol. The molecule has 0 radical (unpaired) electrons. The minimum absolute atomic E-state index is 0.136. The van der Waals surface area contributed by atoms with E-state index >= 15 is 0 Å². The third-order valence-electron chi connectivity index (χ3n) is 3.73. The maximum atomic E-state index is 12.3. The summed E-state index contributed by atoms with van der Waals surface area (Å²) in [5, 5.41) is 10.8. The predicted octanol–water partition coefficient (Wildman–Crippen LogP) is 3.61. The maximum Gasteiger partial charge on any atom is 0.255 e. The molecule has 23 heavy (non-hydrogen) atoms. The molecule has 0 spiro atoms. The molecule has 0 aliphatic heterocycles. The minimum atomic E-state index is -0.136. The zero-order chi connectivity index (χ0) is 15.6. The summed E-state index contributed by atoms with van der Waals surface area (Å²) in [4.78, 5) is 12.3. The second-order valence-corrected chi connectivity index (χ2v) is 5.26. The summed E-state index contributed by atoms with van der Waals surface area (Å²) >= 11 is 0. The Morgan fingerprint density at radius 2 is 1.83 bits per heavy atom. The summed E-state index contributed by atoms with van der Waals surface area (Å²) < 4.78 is 1.99. The number of carbonyl (C=O) groups excluding carboxylic acids is 1. The molecule has 2 heterocycles. The molecule has 1 amide bonds. The van der Waals surface area contributed by atoms with Gasteiger partial charge >= 0.3 is 0 Å². The van der Waals surface area contributed by atoms with Crippen molar-refractivity contribution >= 4 is 22.5 Å². The van der Waals surface area contributed by atoms with Crippen molar-refractivity contribution in [2.24, 2.45) is 0 Å². The van der Waals surface area contributed by atoms with Crippen LogP contribution in [-0.4, -0.2) is 20.7 Å².